The van der Waals surface area contributed by atoms with Gasteiger partial charge < -0.3 is 15.7 Å². The minimum Gasteiger partial charge on any atom is -0.505 e. The summed E-state index contributed by atoms with van der Waals surface area (Å²) in [7, 11) is 0. The first-order valence-corrected chi connectivity index (χ1v) is 12.1. The number of rotatable bonds is 7. The molecule has 5 aromatic rings. The van der Waals surface area contributed by atoms with Crippen LogP contribution in [0.5, 0.6) is 5.75 Å². The van der Waals surface area contributed by atoms with E-state index in [1.165, 1.54) is 30.3 Å². The van der Waals surface area contributed by atoms with Crippen molar-refractivity contribution in [3.05, 3.63) is 130 Å². The number of phenols is 1. The zero-order valence-corrected chi connectivity index (χ0v) is 20.8. The van der Waals surface area contributed by atoms with Gasteiger partial charge >= 0.3 is 0 Å². The predicted octanol–water partition coefficient (Wildman–Crippen LogP) is 7.37. The van der Waals surface area contributed by atoms with Gasteiger partial charge in [-0.15, -0.1) is 5.11 Å². The van der Waals surface area contributed by atoms with Crippen LogP contribution in [0.3, 0.4) is 0 Å². The number of aromatic hydroxyl groups is 1. The topological polar surface area (TPSA) is 146 Å². The minimum atomic E-state index is -0.600. The van der Waals surface area contributed by atoms with Crippen LogP contribution in [0.2, 0.25) is 0 Å². The number of nitrogens with one attached hydrogen (secondary N) is 2. The number of hydrogen-bond donors (Lipinski definition) is 3. The lowest BCUT2D eigenvalue weighted by molar-refractivity contribution is -0.384. The van der Waals surface area contributed by atoms with Crippen molar-refractivity contribution in [2.45, 2.75) is 0 Å². The molecule has 0 bridgehead atoms. The number of hydrogen-bond acceptors (Lipinski definition) is 7. The van der Waals surface area contributed by atoms with Crippen molar-refractivity contribution in [1.82, 2.24) is 0 Å². The van der Waals surface area contributed by atoms with E-state index in [1.807, 2.05) is 6.07 Å². The van der Waals surface area contributed by atoms with E-state index in [2.05, 4.69) is 20.9 Å². The molecule has 0 saturated carbocycles. The maximum atomic E-state index is 13.2. The Morgan fingerprint density at radius 2 is 1.38 bits per heavy atom. The maximum absolute atomic E-state index is 13.2. The Bertz CT molecular complexity index is 1770. The number of phenolic OH excluding ortho intramolecular Hbond substituents is 1. The number of amides is 2. The lowest BCUT2D eigenvalue weighted by Gasteiger charge is -2.12. The maximum Gasteiger partial charge on any atom is 0.271 e. The number of non-ortho nitro benzene ring substituents is 1. The first-order chi connectivity index (χ1) is 19.4. The van der Waals surface area contributed by atoms with Gasteiger partial charge in [-0.1, -0.05) is 48.5 Å². The third-order valence-corrected chi connectivity index (χ3v) is 5.96. The van der Waals surface area contributed by atoms with Gasteiger partial charge in [0.2, 0.25) is 0 Å². The molecule has 0 unspecified atom stereocenters. The summed E-state index contributed by atoms with van der Waals surface area (Å²) in [5, 5.41) is 36.9. The number of benzene rings is 5. The number of anilines is 2. The highest BCUT2D eigenvalue weighted by atomic mass is 16.6. The van der Waals surface area contributed by atoms with Crippen molar-refractivity contribution < 1.29 is 19.6 Å². The number of carbonyl (C=O) groups excluding carboxylic acids is 2. The quantitative estimate of drug-likeness (QED) is 0.114. The van der Waals surface area contributed by atoms with E-state index in [1.54, 1.807) is 72.8 Å². The fraction of sp³-hybridized carbons (Fsp3) is 0. The summed E-state index contributed by atoms with van der Waals surface area (Å²) < 4.78 is 0. The van der Waals surface area contributed by atoms with Crippen LogP contribution in [0.4, 0.5) is 28.4 Å². The first-order valence-electron chi connectivity index (χ1n) is 12.1. The summed E-state index contributed by atoms with van der Waals surface area (Å²) in [6.07, 6.45) is 0. The Hall–Kier alpha value is -5.90. The summed E-state index contributed by atoms with van der Waals surface area (Å²) in [5.74, 6) is -1.40. The Labute approximate surface area is 227 Å². The molecular formula is C30H21N5O5. The van der Waals surface area contributed by atoms with Crippen LogP contribution in [0.25, 0.3) is 10.8 Å². The molecule has 40 heavy (non-hydrogen) atoms. The van der Waals surface area contributed by atoms with Gasteiger partial charge in [0.15, 0.2) is 5.75 Å². The van der Waals surface area contributed by atoms with Gasteiger partial charge in [0.1, 0.15) is 5.69 Å². The number of para-hydroxylation sites is 2. The molecule has 3 N–H and O–H groups in total. The second-order valence-corrected chi connectivity index (χ2v) is 8.67. The van der Waals surface area contributed by atoms with E-state index >= 15 is 0 Å². The summed E-state index contributed by atoms with van der Waals surface area (Å²) in [5.41, 5.74) is 1.34. The van der Waals surface area contributed by atoms with Crippen molar-refractivity contribution >= 4 is 51.0 Å². The monoisotopic (exact) mass is 531 g/mol. The Morgan fingerprint density at radius 1 is 0.725 bits per heavy atom. The molecular weight excluding hydrogens is 510 g/mol. The van der Waals surface area contributed by atoms with E-state index in [0.717, 1.165) is 0 Å². The Kier molecular flexibility index (Phi) is 7.23. The smallest absolute Gasteiger partial charge is 0.271 e. The minimum absolute atomic E-state index is 0.0303. The molecule has 0 heterocycles. The first kappa shape index (κ1) is 25.7. The Morgan fingerprint density at radius 3 is 2.02 bits per heavy atom. The fourth-order valence-corrected chi connectivity index (χ4v) is 4.01. The van der Waals surface area contributed by atoms with Crippen molar-refractivity contribution in [2.24, 2.45) is 10.2 Å². The molecule has 5 aromatic carbocycles. The van der Waals surface area contributed by atoms with Crippen LogP contribution in [0, 0.1) is 10.1 Å². The van der Waals surface area contributed by atoms with Gasteiger partial charge in [0.05, 0.1) is 16.2 Å². The van der Waals surface area contributed by atoms with Crippen LogP contribution < -0.4 is 10.6 Å². The normalized spacial score (nSPS) is 10.9. The summed E-state index contributed by atoms with van der Waals surface area (Å²) in [4.78, 5) is 36.7. The lowest BCUT2D eigenvalue weighted by Crippen LogP contribution is -2.13. The van der Waals surface area contributed by atoms with Crippen molar-refractivity contribution in [3.63, 3.8) is 0 Å². The largest absolute Gasteiger partial charge is 0.505 e. The third kappa shape index (κ3) is 5.65. The third-order valence-electron chi connectivity index (χ3n) is 5.96. The molecule has 196 valence electrons. The van der Waals surface area contributed by atoms with Gasteiger partial charge in [-0.25, -0.2) is 0 Å². The summed E-state index contributed by atoms with van der Waals surface area (Å²) in [6, 6.07) is 29.4. The number of nitro benzene ring substituents is 1. The molecule has 0 saturated heterocycles. The van der Waals surface area contributed by atoms with E-state index in [4.69, 9.17) is 0 Å². The van der Waals surface area contributed by atoms with Crippen molar-refractivity contribution in [1.29, 1.82) is 0 Å². The van der Waals surface area contributed by atoms with E-state index in [0.29, 0.717) is 27.7 Å². The molecule has 0 spiro atoms. The van der Waals surface area contributed by atoms with E-state index in [9.17, 15) is 24.8 Å². The fourth-order valence-electron chi connectivity index (χ4n) is 4.01. The molecule has 5 rings (SSSR count). The SMILES string of the molecule is O=C(Nc1ccccc1)c1ccc2c(N=Nc3cccc([N+](=O)[O-])c3)c(O)c(C(=O)Nc3ccccc3)cc2c1. The van der Waals surface area contributed by atoms with Crippen LogP contribution >= 0.6 is 0 Å². The molecule has 10 nitrogen and oxygen atoms in total. The number of fused-ring (bicyclic) bond motifs is 1. The molecule has 0 aliphatic heterocycles. The molecule has 10 heteroatoms. The average molecular weight is 532 g/mol. The molecule has 0 radical (unpaired) electrons. The molecule has 0 atom stereocenters. The number of carbonyl (C=O) groups is 2. The zero-order valence-electron chi connectivity index (χ0n) is 20.8. The molecule has 0 aromatic heterocycles. The summed E-state index contributed by atoms with van der Waals surface area (Å²) in [6.45, 7) is 0. The summed E-state index contributed by atoms with van der Waals surface area (Å²) >= 11 is 0. The molecule has 0 aliphatic carbocycles. The highest BCUT2D eigenvalue weighted by Crippen LogP contribution is 2.40. The van der Waals surface area contributed by atoms with Gasteiger partial charge in [-0.3, -0.25) is 19.7 Å². The lowest BCUT2D eigenvalue weighted by atomic mass is 10.0. The van der Waals surface area contributed by atoms with Gasteiger partial charge in [-0.2, -0.15) is 5.11 Å². The second-order valence-electron chi connectivity index (χ2n) is 8.67. The average Bonchev–Trinajstić information content (AvgIpc) is 2.97. The molecule has 0 fully saturated rings. The van der Waals surface area contributed by atoms with Crippen LogP contribution in [0.1, 0.15) is 20.7 Å². The van der Waals surface area contributed by atoms with E-state index in [-0.39, 0.29) is 28.5 Å². The highest BCUT2D eigenvalue weighted by Gasteiger charge is 2.20. The zero-order chi connectivity index (χ0) is 28.1. The predicted molar refractivity (Wildman–Crippen MR) is 152 cm³/mol. The molecule has 2 amide bonds. The highest BCUT2D eigenvalue weighted by molar-refractivity contribution is 6.13. The number of azo groups is 1. The number of nitrogens with zero attached hydrogens (tertiary/aromatic N) is 3. The van der Waals surface area contributed by atoms with Gasteiger partial charge in [0.25, 0.3) is 17.5 Å². The van der Waals surface area contributed by atoms with Gasteiger partial charge in [-0.05, 0) is 53.9 Å². The standard InChI is InChI=1S/C30H21N5O5/c36-28-26(30(38)32-22-10-5-2-6-11-22)17-20-16-19(29(37)31-21-8-3-1-4-9-21)14-15-25(20)27(28)34-33-23-12-7-13-24(18-23)35(39)40/h1-18,36H,(H,31,37)(H,32,38). The van der Waals surface area contributed by atoms with Crippen LogP contribution in [-0.2, 0) is 0 Å². The van der Waals surface area contributed by atoms with Gasteiger partial charge in [0, 0.05) is 34.5 Å². The van der Waals surface area contributed by atoms with Crippen molar-refractivity contribution in [2.75, 3.05) is 10.6 Å². The second kappa shape index (κ2) is 11.2. The molecule has 0 aliphatic rings. The van der Waals surface area contributed by atoms with Crippen LogP contribution in [-0.4, -0.2) is 21.8 Å². The van der Waals surface area contributed by atoms with E-state index < -0.39 is 16.6 Å². The van der Waals surface area contributed by atoms with Crippen molar-refractivity contribution in [3.8, 4) is 5.75 Å². The Balaban J connectivity index is 1.58. The van der Waals surface area contributed by atoms with Crippen LogP contribution in [0.15, 0.2) is 119 Å². The number of nitro groups is 1.